The van der Waals surface area contributed by atoms with E-state index in [2.05, 4.69) is 0 Å². The molecule has 176 valence electrons. The van der Waals surface area contributed by atoms with Crippen molar-refractivity contribution in [2.45, 2.75) is 39.2 Å². The molecule has 1 amide bonds. The van der Waals surface area contributed by atoms with Crippen LogP contribution in [0.15, 0.2) is 64.8 Å². The number of methoxy groups -OCH3 is 1. The predicted molar refractivity (Wildman–Crippen MR) is 131 cm³/mol. The van der Waals surface area contributed by atoms with Gasteiger partial charge in [-0.05, 0) is 66.4 Å². The predicted octanol–water partition coefficient (Wildman–Crippen LogP) is 6.17. The zero-order chi connectivity index (χ0) is 24.8. The van der Waals surface area contributed by atoms with Gasteiger partial charge in [0.15, 0.2) is 0 Å². The fourth-order valence-corrected chi connectivity index (χ4v) is 4.51. The van der Waals surface area contributed by atoms with E-state index in [1.807, 2.05) is 20.8 Å². The summed E-state index contributed by atoms with van der Waals surface area (Å²) < 4.78 is 11.1. The van der Waals surface area contributed by atoms with Crippen LogP contribution in [0.4, 0.5) is 5.69 Å². The quantitative estimate of drug-likeness (QED) is 0.275. The Labute approximate surface area is 203 Å². The average molecular weight is 480 g/mol. The molecule has 3 aromatic rings. The van der Waals surface area contributed by atoms with Gasteiger partial charge >= 0.3 is 0 Å². The van der Waals surface area contributed by atoms with E-state index in [9.17, 15) is 14.7 Å². The van der Waals surface area contributed by atoms with Crippen molar-refractivity contribution in [2.75, 3.05) is 12.0 Å². The van der Waals surface area contributed by atoms with Crippen molar-refractivity contribution >= 4 is 34.7 Å². The number of ether oxygens (including phenoxy) is 1. The summed E-state index contributed by atoms with van der Waals surface area (Å²) in [6.07, 6.45) is 1.47. The number of Topliss-reactive ketones (excluding diaryl/α,β-unsaturated/α-hetero) is 1. The summed E-state index contributed by atoms with van der Waals surface area (Å²) in [5, 5.41) is 11.9. The molecule has 4 rings (SSSR count). The molecular formula is C27H26ClNO5. The standard InChI is InChI=1S/C27H26ClNO5/c1-15-13-17(28)9-10-19(15)29-23(21-7-6-12-34-21)22(25(31)26(29)32)24(30)16-8-11-20(33-5)18(14-16)27(2,3)4/h6-14,23,30H,1-5H3/b24-22-. The molecular weight excluding hydrogens is 454 g/mol. The highest BCUT2D eigenvalue weighted by molar-refractivity contribution is 6.51. The molecule has 1 aromatic heterocycles. The highest BCUT2D eigenvalue weighted by Crippen LogP contribution is 2.44. The van der Waals surface area contributed by atoms with Crippen LogP contribution in [0.3, 0.4) is 0 Å². The summed E-state index contributed by atoms with van der Waals surface area (Å²) >= 11 is 6.11. The Kier molecular flexibility index (Phi) is 6.04. The summed E-state index contributed by atoms with van der Waals surface area (Å²) in [7, 11) is 1.58. The molecule has 0 radical (unpaired) electrons. The van der Waals surface area contributed by atoms with E-state index in [-0.39, 0.29) is 16.7 Å². The SMILES string of the molecule is COc1ccc(/C(O)=C2/C(=O)C(=O)N(c3ccc(Cl)cc3C)C2c2ccco2)cc1C(C)(C)C. The molecule has 2 aromatic carbocycles. The van der Waals surface area contributed by atoms with Gasteiger partial charge in [-0.2, -0.15) is 0 Å². The number of hydrogen-bond acceptors (Lipinski definition) is 5. The number of aliphatic hydroxyl groups is 1. The van der Waals surface area contributed by atoms with Crippen LogP contribution < -0.4 is 9.64 Å². The van der Waals surface area contributed by atoms with Crippen molar-refractivity contribution in [3.63, 3.8) is 0 Å². The number of furan rings is 1. The first-order valence-corrected chi connectivity index (χ1v) is 11.2. The minimum absolute atomic E-state index is 0.0423. The molecule has 0 aliphatic carbocycles. The molecule has 34 heavy (non-hydrogen) atoms. The molecule has 1 fully saturated rings. The molecule has 7 heteroatoms. The lowest BCUT2D eigenvalue weighted by Crippen LogP contribution is -2.29. The first-order valence-electron chi connectivity index (χ1n) is 10.8. The third kappa shape index (κ3) is 3.99. The van der Waals surface area contributed by atoms with Gasteiger partial charge in [0.25, 0.3) is 11.7 Å². The van der Waals surface area contributed by atoms with Crippen molar-refractivity contribution in [1.82, 2.24) is 0 Å². The zero-order valence-corrected chi connectivity index (χ0v) is 20.4. The third-order valence-corrected chi connectivity index (χ3v) is 6.19. The topological polar surface area (TPSA) is 80.0 Å². The van der Waals surface area contributed by atoms with Gasteiger partial charge in [-0.3, -0.25) is 14.5 Å². The molecule has 0 saturated carbocycles. The molecule has 0 spiro atoms. The molecule has 2 heterocycles. The molecule has 1 aliphatic heterocycles. The lowest BCUT2D eigenvalue weighted by atomic mass is 9.84. The van der Waals surface area contributed by atoms with Gasteiger partial charge in [-0.15, -0.1) is 0 Å². The van der Waals surface area contributed by atoms with Crippen LogP contribution in [0.5, 0.6) is 5.75 Å². The Balaban J connectivity index is 1.94. The Morgan fingerprint density at radius 2 is 1.85 bits per heavy atom. The monoisotopic (exact) mass is 479 g/mol. The number of benzene rings is 2. The van der Waals surface area contributed by atoms with E-state index in [1.54, 1.807) is 62.6 Å². The molecule has 1 aliphatic rings. The maximum atomic E-state index is 13.3. The number of hydrogen-bond donors (Lipinski definition) is 1. The van der Waals surface area contributed by atoms with Gasteiger partial charge in [0.05, 0.1) is 18.9 Å². The molecule has 1 atom stereocenters. The summed E-state index contributed by atoms with van der Waals surface area (Å²) in [4.78, 5) is 27.9. The van der Waals surface area contributed by atoms with Crippen LogP contribution in [-0.4, -0.2) is 23.9 Å². The Morgan fingerprint density at radius 3 is 2.44 bits per heavy atom. The average Bonchev–Trinajstić information content (AvgIpc) is 3.40. The first kappa shape index (κ1) is 23.6. The van der Waals surface area contributed by atoms with E-state index in [0.29, 0.717) is 33.3 Å². The second-order valence-electron chi connectivity index (χ2n) is 9.28. The van der Waals surface area contributed by atoms with Gasteiger partial charge in [0.2, 0.25) is 0 Å². The fourth-order valence-electron chi connectivity index (χ4n) is 4.28. The normalized spacial score (nSPS) is 17.9. The van der Waals surface area contributed by atoms with E-state index in [1.165, 1.54) is 11.2 Å². The van der Waals surface area contributed by atoms with E-state index >= 15 is 0 Å². The van der Waals surface area contributed by atoms with Gasteiger partial charge in [-0.25, -0.2) is 0 Å². The zero-order valence-electron chi connectivity index (χ0n) is 19.7. The van der Waals surface area contributed by atoms with Crippen molar-refractivity contribution in [1.29, 1.82) is 0 Å². The number of aliphatic hydroxyl groups excluding tert-OH is 1. The van der Waals surface area contributed by atoms with Crippen LogP contribution in [0.25, 0.3) is 5.76 Å². The number of ketones is 1. The molecule has 6 nitrogen and oxygen atoms in total. The van der Waals surface area contributed by atoms with E-state index < -0.39 is 17.7 Å². The maximum absolute atomic E-state index is 13.3. The van der Waals surface area contributed by atoms with Crippen LogP contribution in [0.1, 0.15) is 49.3 Å². The van der Waals surface area contributed by atoms with Crippen LogP contribution in [-0.2, 0) is 15.0 Å². The lowest BCUT2D eigenvalue weighted by molar-refractivity contribution is -0.132. The number of anilines is 1. The number of carbonyl (C=O) groups excluding carboxylic acids is 2. The number of halogens is 1. The van der Waals surface area contributed by atoms with Crippen LogP contribution >= 0.6 is 11.6 Å². The van der Waals surface area contributed by atoms with E-state index in [0.717, 1.165) is 5.56 Å². The lowest BCUT2D eigenvalue weighted by Gasteiger charge is -2.25. The van der Waals surface area contributed by atoms with Crippen LogP contribution in [0, 0.1) is 6.92 Å². The Bertz CT molecular complexity index is 1300. The first-order chi connectivity index (χ1) is 16.0. The molecule has 1 unspecified atom stereocenters. The summed E-state index contributed by atoms with van der Waals surface area (Å²) in [5.41, 5.74) is 2.17. The van der Waals surface area contributed by atoms with E-state index in [4.69, 9.17) is 20.8 Å². The van der Waals surface area contributed by atoms with Crippen molar-refractivity contribution < 1.29 is 23.8 Å². The van der Waals surface area contributed by atoms with Crippen LogP contribution in [0.2, 0.25) is 5.02 Å². The number of carbonyl (C=O) groups is 2. The molecule has 0 bridgehead atoms. The smallest absolute Gasteiger partial charge is 0.300 e. The second-order valence-corrected chi connectivity index (χ2v) is 9.72. The van der Waals surface area contributed by atoms with Crippen molar-refractivity contribution in [3.8, 4) is 5.75 Å². The Hall–Kier alpha value is -3.51. The van der Waals surface area contributed by atoms with Crippen molar-refractivity contribution in [3.05, 3.63) is 87.8 Å². The molecule has 1 saturated heterocycles. The minimum Gasteiger partial charge on any atom is -0.507 e. The highest BCUT2D eigenvalue weighted by Gasteiger charge is 2.48. The maximum Gasteiger partial charge on any atom is 0.300 e. The van der Waals surface area contributed by atoms with Gasteiger partial charge in [0, 0.05) is 21.8 Å². The summed E-state index contributed by atoms with van der Waals surface area (Å²) in [6, 6.07) is 12.7. The Morgan fingerprint density at radius 1 is 1.12 bits per heavy atom. The number of rotatable bonds is 4. The van der Waals surface area contributed by atoms with Gasteiger partial charge in [-0.1, -0.05) is 32.4 Å². The number of amides is 1. The molecule has 1 N–H and O–H groups in total. The second kappa shape index (κ2) is 8.69. The number of nitrogens with zero attached hydrogens (tertiary/aromatic N) is 1. The van der Waals surface area contributed by atoms with Gasteiger partial charge < -0.3 is 14.3 Å². The summed E-state index contributed by atoms with van der Waals surface area (Å²) in [6.45, 7) is 7.89. The fraction of sp³-hybridized carbons (Fsp3) is 0.259. The minimum atomic E-state index is -0.935. The van der Waals surface area contributed by atoms with Gasteiger partial charge in [0.1, 0.15) is 23.3 Å². The van der Waals surface area contributed by atoms with Crippen molar-refractivity contribution in [2.24, 2.45) is 0 Å². The highest BCUT2D eigenvalue weighted by atomic mass is 35.5. The largest absolute Gasteiger partial charge is 0.507 e. The third-order valence-electron chi connectivity index (χ3n) is 5.96. The number of aryl methyl sites for hydroxylation is 1. The summed E-state index contributed by atoms with van der Waals surface area (Å²) in [5.74, 6) is -0.787.